The van der Waals surface area contributed by atoms with Crippen LogP contribution in [-0.4, -0.2) is 36.1 Å². The van der Waals surface area contributed by atoms with Gasteiger partial charge in [-0.1, -0.05) is 6.42 Å². The lowest BCUT2D eigenvalue weighted by Crippen LogP contribution is -2.45. The average Bonchev–Trinajstić information content (AvgIpc) is 2.29. The maximum atomic E-state index is 9.25. The van der Waals surface area contributed by atoms with Gasteiger partial charge in [0.2, 0.25) is 0 Å². The van der Waals surface area contributed by atoms with Gasteiger partial charge in [-0.25, -0.2) is 0 Å². The molecule has 0 saturated carbocycles. The largest absolute Gasteiger partial charge is 0.303 e. The van der Waals surface area contributed by atoms with Gasteiger partial charge in [0.05, 0.1) is 6.07 Å². The van der Waals surface area contributed by atoms with Crippen LogP contribution in [0.2, 0.25) is 0 Å². The molecule has 1 heterocycles. The monoisotopic (exact) mass is 237 g/mol. The third-order valence-corrected chi connectivity index (χ3v) is 3.45. The smallest absolute Gasteiger partial charge is 0.104 e. The fourth-order valence-electron chi connectivity index (χ4n) is 2.64. The van der Waals surface area contributed by atoms with Crippen molar-refractivity contribution in [1.29, 1.82) is 5.26 Å². The first-order chi connectivity index (χ1) is 8.06. The molecule has 1 unspecified atom stereocenters. The molecule has 0 aromatic carbocycles. The van der Waals surface area contributed by atoms with Crippen molar-refractivity contribution in [3.8, 4) is 6.07 Å². The Kier molecular flexibility index (Phi) is 5.94. The van der Waals surface area contributed by atoms with E-state index in [1.54, 1.807) is 0 Å². The van der Waals surface area contributed by atoms with E-state index in [0.717, 1.165) is 19.4 Å². The summed E-state index contributed by atoms with van der Waals surface area (Å²) in [6, 6.07) is 2.79. The van der Waals surface area contributed by atoms with E-state index in [1.807, 2.05) is 6.92 Å². The number of nitrogens with one attached hydrogen (secondary N) is 1. The van der Waals surface area contributed by atoms with E-state index in [9.17, 15) is 5.26 Å². The molecular formula is C14H27N3. The zero-order valence-electron chi connectivity index (χ0n) is 11.6. The van der Waals surface area contributed by atoms with Gasteiger partial charge >= 0.3 is 0 Å². The van der Waals surface area contributed by atoms with Gasteiger partial charge in [-0.3, -0.25) is 5.32 Å². The molecule has 0 radical (unpaired) electrons. The predicted octanol–water partition coefficient (Wildman–Crippen LogP) is 2.53. The second-order valence-corrected chi connectivity index (χ2v) is 5.75. The van der Waals surface area contributed by atoms with Crippen LogP contribution in [-0.2, 0) is 0 Å². The highest BCUT2D eigenvalue weighted by Gasteiger charge is 2.24. The summed E-state index contributed by atoms with van der Waals surface area (Å²) in [5.74, 6) is 0. The normalized spacial score (nSPS) is 21.1. The lowest BCUT2D eigenvalue weighted by Gasteiger charge is -2.29. The number of hydrogen-bond acceptors (Lipinski definition) is 3. The van der Waals surface area contributed by atoms with Crippen molar-refractivity contribution in [3.63, 3.8) is 0 Å². The zero-order chi connectivity index (χ0) is 12.7. The number of piperidine rings is 1. The molecular weight excluding hydrogens is 210 g/mol. The molecule has 0 spiro atoms. The predicted molar refractivity (Wildman–Crippen MR) is 71.8 cm³/mol. The van der Waals surface area contributed by atoms with Gasteiger partial charge in [-0.2, -0.15) is 5.26 Å². The molecule has 1 atom stereocenters. The number of nitriles is 1. The Balaban J connectivity index is 2.25. The minimum atomic E-state index is -0.357. The fourth-order valence-corrected chi connectivity index (χ4v) is 2.64. The Labute approximate surface area is 106 Å². The molecule has 1 fully saturated rings. The topological polar surface area (TPSA) is 39.1 Å². The zero-order valence-corrected chi connectivity index (χ0v) is 11.6. The minimum absolute atomic E-state index is 0.357. The van der Waals surface area contributed by atoms with Gasteiger partial charge < -0.3 is 4.90 Å². The van der Waals surface area contributed by atoms with Crippen molar-refractivity contribution in [3.05, 3.63) is 0 Å². The first kappa shape index (κ1) is 14.5. The molecule has 17 heavy (non-hydrogen) atoms. The molecule has 98 valence electrons. The highest BCUT2D eigenvalue weighted by atomic mass is 15.1. The van der Waals surface area contributed by atoms with E-state index < -0.39 is 0 Å². The van der Waals surface area contributed by atoms with Gasteiger partial charge in [0.25, 0.3) is 0 Å². The van der Waals surface area contributed by atoms with Gasteiger partial charge in [-0.05, 0) is 66.1 Å². The van der Waals surface area contributed by atoms with Crippen LogP contribution in [0.1, 0.15) is 52.9 Å². The fraction of sp³-hybridized carbons (Fsp3) is 0.929. The van der Waals surface area contributed by atoms with Crippen LogP contribution in [0.5, 0.6) is 0 Å². The molecule has 3 nitrogen and oxygen atoms in total. The van der Waals surface area contributed by atoms with E-state index >= 15 is 0 Å². The van der Waals surface area contributed by atoms with Gasteiger partial charge in [-0.15, -0.1) is 0 Å². The van der Waals surface area contributed by atoms with E-state index in [-0.39, 0.29) is 5.54 Å². The van der Waals surface area contributed by atoms with Crippen molar-refractivity contribution in [2.45, 2.75) is 64.5 Å². The van der Waals surface area contributed by atoms with Gasteiger partial charge in [0.15, 0.2) is 0 Å². The third kappa shape index (κ3) is 5.52. The van der Waals surface area contributed by atoms with E-state index in [0.29, 0.717) is 6.04 Å². The third-order valence-electron chi connectivity index (χ3n) is 3.45. The van der Waals surface area contributed by atoms with Crippen LogP contribution in [0.25, 0.3) is 0 Å². The van der Waals surface area contributed by atoms with E-state index in [4.69, 9.17) is 0 Å². The van der Waals surface area contributed by atoms with Crippen molar-refractivity contribution in [1.82, 2.24) is 10.2 Å². The average molecular weight is 237 g/mol. The van der Waals surface area contributed by atoms with Crippen LogP contribution in [0, 0.1) is 11.3 Å². The summed E-state index contributed by atoms with van der Waals surface area (Å²) in [5.41, 5.74) is -0.357. The van der Waals surface area contributed by atoms with Gasteiger partial charge in [0.1, 0.15) is 5.54 Å². The Morgan fingerprint density at radius 2 is 1.94 bits per heavy atom. The van der Waals surface area contributed by atoms with Crippen molar-refractivity contribution in [2.75, 3.05) is 19.6 Å². The maximum Gasteiger partial charge on any atom is 0.104 e. The molecule has 1 aliphatic heterocycles. The number of nitrogens with zero attached hydrogens (tertiary/aromatic N) is 2. The van der Waals surface area contributed by atoms with Crippen molar-refractivity contribution in [2.24, 2.45) is 0 Å². The lowest BCUT2D eigenvalue weighted by molar-refractivity contribution is 0.217. The quantitative estimate of drug-likeness (QED) is 0.771. The number of hydrogen-bond donors (Lipinski definition) is 1. The van der Waals surface area contributed by atoms with Gasteiger partial charge in [0, 0.05) is 6.04 Å². The number of rotatable bonds is 6. The van der Waals surface area contributed by atoms with Crippen molar-refractivity contribution < 1.29 is 0 Å². The highest BCUT2D eigenvalue weighted by molar-refractivity contribution is 5.04. The molecule has 0 bridgehead atoms. The van der Waals surface area contributed by atoms with E-state index in [1.165, 1.54) is 32.4 Å². The van der Waals surface area contributed by atoms with Crippen LogP contribution in [0.3, 0.4) is 0 Å². The molecule has 0 amide bonds. The summed E-state index contributed by atoms with van der Waals surface area (Å²) in [5, 5.41) is 12.6. The molecule has 0 aromatic rings. The van der Waals surface area contributed by atoms with Crippen LogP contribution >= 0.6 is 0 Å². The number of likely N-dealkylation sites (tertiary alicyclic amines) is 1. The Hall–Kier alpha value is -0.590. The molecule has 1 N–H and O–H groups in total. The first-order valence-corrected chi connectivity index (χ1v) is 6.97. The summed E-state index contributed by atoms with van der Waals surface area (Å²) in [6.07, 6.45) is 6.14. The first-order valence-electron chi connectivity index (χ1n) is 6.97. The standard InChI is InChI=1S/C14H27N3/c1-13(2)16-14(3,12-15)8-7-11-17-9-5-4-6-10-17/h13,16H,4-11H2,1-3H3. The molecule has 0 aromatic heterocycles. The Bertz CT molecular complexity index is 251. The Morgan fingerprint density at radius 1 is 1.29 bits per heavy atom. The van der Waals surface area contributed by atoms with Crippen molar-refractivity contribution >= 4 is 0 Å². The molecule has 0 aliphatic carbocycles. The molecule has 1 saturated heterocycles. The Morgan fingerprint density at radius 3 is 2.47 bits per heavy atom. The summed E-state index contributed by atoms with van der Waals surface area (Å²) in [4.78, 5) is 2.54. The minimum Gasteiger partial charge on any atom is -0.303 e. The maximum absolute atomic E-state index is 9.25. The van der Waals surface area contributed by atoms with Crippen LogP contribution in [0.15, 0.2) is 0 Å². The molecule has 1 rings (SSSR count). The highest BCUT2D eigenvalue weighted by Crippen LogP contribution is 2.15. The molecule has 1 aliphatic rings. The van der Waals surface area contributed by atoms with Crippen LogP contribution in [0.4, 0.5) is 0 Å². The second kappa shape index (κ2) is 6.98. The summed E-state index contributed by atoms with van der Waals surface area (Å²) < 4.78 is 0. The lowest BCUT2D eigenvalue weighted by atomic mass is 9.96. The summed E-state index contributed by atoms with van der Waals surface area (Å²) in [6.45, 7) is 9.86. The second-order valence-electron chi connectivity index (χ2n) is 5.75. The van der Waals surface area contributed by atoms with Crippen LogP contribution < -0.4 is 5.32 Å². The summed E-state index contributed by atoms with van der Waals surface area (Å²) in [7, 11) is 0. The summed E-state index contributed by atoms with van der Waals surface area (Å²) >= 11 is 0. The SMILES string of the molecule is CC(C)NC(C)(C#N)CCCN1CCCCC1. The molecule has 3 heteroatoms. The van der Waals surface area contributed by atoms with E-state index in [2.05, 4.69) is 30.1 Å².